The second-order valence-electron chi connectivity index (χ2n) is 11.4. The van der Waals surface area contributed by atoms with Crippen LogP contribution >= 0.6 is 11.6 Å². The Kier molecular flexibility index (Phi) is 8.73. The van der Waals surface area contributed by atoms with Crippen molar-refractivity contribution >= 4 is 35.2 Å². The highest BCUT2D eigenvalue weighted by molar-refractivity contribution is 6.30. The summed E-state index contributed by atoms with van der Waals surface area (Å²) in [7, 11) is 0. The van der Waals surface area contributed by atoms with E-state index in [-0.39, 0.29) is 17.9 Å². The number of allylic oxidation sites excluding steroid dienone is 1. The number of likely N-dealkylation sites (tertiary alicyclic amines) is 1. The minimum Gasteiger partial charge on any atom is -0.371 e. The van der Waals surface area contributed by atoms with Crippen LogP contribution < -0.4 is 15.5 Å². The number of fused-ring (bicyclic) bond motifs is 1. The van der Waals surface area contributed by atoms with E-state index in [1.54, 1.807) is 0 Å². The molecule has 216 valence electrons. The van der Waals surface area contributed by atoms with Gasteiger partial charge in [0.1, 0.15) is 0 Å². The Bertz CT molecular complexity index is 1500. The summed E-state index contributed by atoms with van der Waals surface area (Å²) in [5, 5.41) is 7.31. The summed E-state index contributed by atoms with van der Waals surface area (Å²) in [6.07, 6.45) is 8.25. The number of piperidine rings is 1. The third kappa shape index (κ3) is 6.77. The number of benzene rings is 3. The van der Waals surface area contributed by atoms with Crippen molar-refractivity contribution in [2.75, 3.05) is 24.5 Å². The maximum Gasteiger partial charge on any atom is 0.241 e. The van der Waals surface area contributed by atoms with Crippen LogP contribution in [0, 0.1) is 0 Å². The summed E-state index contributed by atoms with van der Waals surface area (Å²) in [5.74, 6) is 0.229. The third-order valence-electron chi connectivity index (χ3n) is 8.49. The molecule has 0 aromatic heterocycles. The lowest BCUT2D eigenvalue weighted by molar-refractivity contribution is -0.128. The van der Waals surface area contributed by atoms with Gasteiger partial charge >= 0.3 is 0 Å². The summed E-state index contributed by atoms with van der Waals surface area (Å²) < 4.78 is 0. The molecule has 2 fully saturated rings. The Labute approximate surface area is 253 Å². The minimum absolute atomic E-state index is 0.0237. The molecule has 2 N–H and O–H groups in total. The highest BCUT2D eigenvalue weighted by Crippen LogP contribution is 2.29. The van der Waals surface area contributed by atoms with Crippen LogP contribution in [-0.4, -0.2) is 42.4 Å². The average molecular weight is 581 g/mol. The zero-order valence-corrected chi connectivity index (χ0v) is 24.6. The molecule has 0 aliphatic carbocycles. The van der Waals surface area contributed by atoms with Crippen LogP contribution in [0.15, 0.2) is 90.1 Å². The van der Waals surface area contributed by atoms with Gasteiger partial charge in [-0.3, -0.25) is 9.59 Å². The molecule has 0 unspecified atom stereocenters. The Hall–Kier alpha value is -3.87. The maximum absolute atomic E-state index is 13.4. The van der Waals surface area contributed by atoms with Crippen molar-refractivity contribution < 1.29 is 9.59 Å². The summed E-state index contributed by atoms with van der Waals surface area (Å²) in [5.41, 5.74) is 7.97. The van der Waals surface area contributed by atoms with Crippen LogP contribution in [0.5, 0.6) is 0 Å². The number of amides is 2. The van der Waals surface area contributed by atoms with E-state index in [0.29, 0.717) is 31.0 Å². The van der Waals surface area contributed by atoms with Gasteiger partial charge in [-0.05, 0) is 78.3 Å². The van der Waals surface area contributed by atoms with Crippen molar-refractivity contribution in [2.24, 2.45) is 0 Å². The van der Waals surface area contributed by atoms with E-state index >= 15 is 0 Å². The number of rotatable bonds is 7. The first-order valence-corrected chi connectivity index (χ1v) is 15.3. The molecule has 6 rings (SSSR count). The van der Waals surface area contributed by atoms with Gasteiger partial charge in [-0.2, -0.15) is 0 Å². The van der Waals surface area contributed by atoms with Crippen LogP contribution in [0.1, 0.15) is 47.9 Å². The number of halogens is 1. The predicted molar refractivity (Wildman–Crippen MR) is 169 cm³/mol. The van der Waals surface area contributed by atoms with Gasteiger partial charge in [0, 0.05) is 55.6 Å². The van der Waals surface area contributed by atoms with Gasteiger partial charge in [-0.15, -0.1) is 0 Å². The quantitative estimate of drug-likeness (QED) is 0.367. The number of carbonyl (C=O) groups excluding carboxylic acids is 2. The number of nitrogens with zero attached hydrogens (tertiary/aromatic N) is 2. The van der Waals surface area contributed by atoms with Crippen LogP contribution in [0.4, 0.5) is 5.69 Å². The first-order chi connectivity index (χ1) is 20.5. The molecule has 2 saturated heterocycles. The number of carbonyl (C=O) groups is 2. The smallest absolute Gasteiger partial charge is 0.241 e. The number of hydrogen-bond donors (Lipinski definition) is 2. The van der Waals surface area contributed by atoms with Gasteiger partial charge in [0.05, 0.1) is 6.04 Å². The zero-order chi connectivity index (χ0) is 28.9. The van der Waals surface area contributed by atoms with E-state index in [1.165, 1.54) is 28.0 Å². The largest absolute Gasteiger partial charge is 0.371 e. The molecule has 1 atom stereocenters. The summed E-state index contributed by atoms with van der Waals surface area (Å²) in [4.78, 5) is 30.1. The van der Waals surface area contributed by atoms with E-state index in [4.69, 9.17) is 11.6 Å². The third-order valence-corrected chi connectivity index (χ3v) is 8.74. The molecule has 3 heterocycles. The molecule has 3 aromatic rings. The fraction of sp³-hybridized carbons (Fsp3) is 0.314. The van der Waals surface area contributed by atoms with Gasteiger partial charge in [0.25, 0.3) is 0 Å². The van der Waals surface area contributed by atoms with Crippen molar-refractivity contribution in [1.29, 1.82) is 0 Å². The lowest BCUT2D eigenvalue weighted by atomic mass is 9.95. The van der Waals surface area contributed by atoms with Gasteiger partial charge < -0.3 is 20.4 Å². The fourth-order valence-corrected chi connectivity index (χ4v) is 6.28. The van der Waals surface area contributed by atoms with Crippen LogP contribution in [0.3, 0.4) is 0 Å². The molecule has 42 heavy (non-hydrogen) atoms. The molecule has 3 aromatic carbocycles. The Balaban J connectivity index is 1.16. The molecule has 0 spiro atoms. The monoisotopic (exact) mass is 580 g/mol. The topological polar surface area (TPSA) is 64.7 Å². The Morgan fingerprint density at radius 3 is 2.43 bits per heavy atom. The van der Waals surface area contributed by atoms with Crippen molar-refractivity contribution in [1.82, 2.24) is 15.5 Å². The molecule has 3 aliphatic rings. The molecule has 7 heteroatoms. The molecule has 3 aliphatic heterocycles. The maximum atomic E-state index is 13.4. The summed E-state index contributed by atoms with van der Waals surface area (Å²) in [6.45, 7) is 3.99. The molecular weight excluding hydrogens is 544 g/mol. The van der Waals surface area contributed by atoms with E-state index in [9.17, 15) is 9.59 Å². The molecule has 2 amide bonds. The predicted octanol–water partition coefficient (Wildman–Crippen LogP) is 5.86. The lowest BCUT2D eigenvalue weighted by Crippen LogP contribution is -2.47. The number of nitrogens with one attached hydrogen (secondary N) is 2. The van der Waals surface area contributed by atoms with Gasteiger partial charge in [-0.1, -0.05) is 71.8 Å². The standard InChI is InChI=1S/C35H37ClN4O2/c36-30-13-11-25(12-14-30)20-31(38-35(42)32-22-27-6-1-2-7-28(27)23-37-32)21-26-15-18-39(19-16-26)33-9-4-3-8-29(33)24-40-17-5-10-34(40)41/h1-4,6-9,11-14,20-21,32,37H,5,10,15-19,22-24H2,(H,38,42)/b31-20-/t32-/m1/s1. The van der Waals surface area contributed by atoms with Crippen LogP contribution in [-0.2, 0) is 29.1 Å². The number of hydrogen-bond acceptors (Lipinski definition) is 4. The van der Waals surface area contributed by atoms with Gasteiger partial charge in [0.15, 0.2) is 0 Å². The summed E-state index contributed by atoms with van der Waals surface area (Å²) >= 11 is 6.13. The van der Waals surface area contributed by atoms with Crippen molar-refractivity contribution in [3.63, 3.8) is 0 Å². The van der Waals surface area contributed by atoms with Crippen molar-refractivity contribution in [3.05, 3.63) is 117 Å². The Morgan fingerprint density at radius 1 is 0.929 bits per heavy atom. The number of para-hydroxylation sites is 1. The molecule has 0 bridgehead atoms. The van der Waals surface area contributed by atoms with Crippen LogP contribution in [0.25, 0.3) is 6.08 Å². The molecule has 0 radical (unpaired) electrons. The van der Waals surface area contributed by atoms with Crippen LogP contribution in [0.2, 0.25) is 5.02 Å². The normalized spacial score (nSPS) is 19.1. The fourth-order valence-electron chi connectivity index (χ4n) is 6.15. The Morgan fingerprint density at radius 2 is 1.67 bits per heavy atom. The minimum atomic E-state index is -0.284. The highest BCUT2D eigenvalue weighted by atomic mass is 35.5. The van der Waals surface area contributed by atoms with Crippen molar-refractivity contribution in [2.45, 2.75) is 51.2 Å². The molecule has 6 nitrogen and oxygen atoms in total. The molecule has 0 saturated carbocycles. The van der Waals surface area contributed by atoms with E-state index < -0.39 is 0 Å². The second-order valence-corrected chi connectivity index (χ2v) is 11.8. The second kappa shape index (κ2) is 13.0. The zero-order valence-electron chi connectivity index (χ0n) is 23.8. The molecular formula is C35H37ClN4O2. The summed E-state index contributed by atoms with van der Waals surface area (Å²) in [6, 6.07) is 24.1. The van der Waals surface area contributed by atoms with Crippen molar-refractivity contribution in [3.8, 4) is 0 Å². The highest BCUT2D eigenvalue weighted by Gasteiger charge is 2.25. The number of anilines is 1. The van der Waals surface area contributed by atoms with Gasteiger partial charge in [-0.25, -0.2) is 0 Å². The average Bonchev–Trinajstić information content (AvgIpc) is 3.42. The lowest BCUT2D eigenvalue weighted by Gasteiger charge is -2.33. The SMILES string of the molecule is O=C(N/C(C=C1CCN(c2ccccc2CN2CCCC2=O)CC1)=C\c1ccc(Cl)cc1)[C@H]1Cc2ccccc2CN1. The van der Waals surface area contributed by atoms with E-state index in [0.717, 1.165) is 50.2 Å². The van der Waals surface area contributed by atoms with E-state index in [1.807, 2.05) is 47.4 Å². The van der Waals surface area contributed by atoms with Gasteiger partial charge in [0.2, 0.25) is 11.8 Å². The van der Waals surface area contributed by atoms with E-state index in [2.05, 4.69) is 58.0 Å². The first-order valence-electron chi connectivity index (χ1n) is 14.9. The first kappa shape index (κ1) is 28.3.